The first-order valence-corrected chi connectivity index (χ1v) is 3.96. The number of nitrogens with zero attached hydrogens (tertiary/aromatic N) is 1. The van der Waals surface area contributed by atoms with E-state index in [1.165, 1.54) is 0 Å². The minimum Gasteiger partial charge on any atom is -0.385 e. The number of hydrogen-bond donors (Lipinski definition) is 1. The molecule has 60 valence electrons. The van der Waals surface area contributed by atoms with Gasteiger partial charge in [-0.15, -0.1) is 0 Å². The van der Waals surface area contributed by atoms with Crippen molar-refractivity contribution in [2.24, 2.45) is 0 Å². The average Bonchev–Trinajstić information content (AvgIpc) is 2.06. The molecule has 0 aliphatic carbocycles. The normalized spacial score (nSPS) is 10.0. The zero-order valence-corrected chi connectivity index (χ0v) is 6.83. The van der Waals surface area contributed by atoms with E-state index in [1.54, 1.807) is 0 Å². The minimum absolute atomic E-state index is 0.126. The molecule has 1 rings (SSSR count). The van der Waals surface area contributed by atoms with Gasteiger partial charge >= 0.3 is 0 Å². The van der Waals surface area contributed by atoms with Crippen molar-refractivity contribution in [3.8, 4) is 0 Å². The van der Waals surface area contributed by atoms with Crippen LogP contribution in [0.1, 0.15) is 19.0 Å². The van der Waals surface area contributed by atoms with Gasteiger partial charge in [0, 0.05) is 18.6 Å². The first-order chi connectivity index (χ1) is 5.38. The fraction of sp³-hybridized carbons (Fsp3) is 0.444. The van der Waals surface area contributed by atoms with Crippen LogP contribution in [0.3, 0.4) is 0 Å². The predicted octanol–water partition coefficient (Wildman–Crippen LogP) is 0.876. The standard InChI is InChI=1S/C9H14NO/c1-2-6-10-7-4-3-5-9(10)8-11/h3-5,7,11H,2,6,8H2,1H3/q+1. The van der Waals surface area contributed by atoms with Crippen molar-refractivity contribution in [1.29, 1.82) is 0 Å². The van der Waals surface area contributed by atoms with Crippen molar-refractivity contribution >= 4 is 0 Å². The molecule has 0 spiro atoms. The molecule has 0 atom stereocenters. The summed E-state index contributed by atoms with van der Waals surface area (Å²) in [5, 5.41) is 8.92. The number of aryl methyl sites for hydroxylation is 1. The zero-order chi connectivity index (χ0) is 8.10. The van der Waals surface area contributed by atoms with Crippen LogP contribution in [0.25, 0.3) is 0 Å². The molecule has 1 heterocycles. The lowest BCUT2D eigenvalue weighted by Crippen LogP contribution is -2.37. The third-order valence-corrected chi connectivity index (χ3v) is 1.66. The number of aliphatic hydroxyl groups excluding tert-OH is 1. The second-order valence-electron chi connectivity index (χ2n) is 2.54. The topological polar surface area (TPSA) is 24.1 Å². The molecule has 2 heteroatoms. The molecular formula is C9H14NO+. The van der Waals surface area contributed by atoms with Crippen LogP contribution in [0.4, 0.5) is 0 Å². The van der Waals surface area contributed by atoms with Crippen LogP contribution >= 0.6 is 0 Å². The van der Waals surface area contributed by atoms with Crippen LogP contribution in [0.15, 0.2) is 24.4 Å². The molecule has 0 unspecified atom stereocenters. The maximum Gasteiger partial charge on any atom is 0.206 e. The minimum atomic E-state index is 0.126. The molecule has 0 aliphatic heterocycles. The van der Waals surface area contributed by atoms with Gasteiger partial charge in [0.05, 0.1) is 0 Å². The van der Waals surface area contributed by atoms with Gasteiger partial charge in [0.25, 0.3) is 0 Å². The molecule has 0 bridgehead atoms. The van der Waals surface area contributed by atoms with Crippen LogP contribution < -0.4 is 4.57 Å². The highest BCUT2D eigenvalue weighted by Crippen LogP contribution is 1.91. The van der Waals surface area contributed by atoms with E-state index in [0.29, 0.717) is 0 Å². The molecule has 0 saturated heterocycles. The van der Waals surface area contributed by atoms with Crippen molar-refractivity contribution in [3.63, 3.8) is 0 Å². The number of hydrogen-bond acceptors (Lipinski definition) is 1. The molecule has 1 N–H and O–H groups in total. The molecule has 0 radical (unpaired) electrons. The maximum absolute atomic E-state index is 8.92. The monoisotopic (exact) mass is 152 g/mol. The SMILES string of the molecule is CCC[n+]1ccccc1CO. The first-order valence-electron chi connectivity index (χ1n) is 3.96. The fourth-order valence-electron chi connectivity index (χ4n) is 1.11. The Morgan fingerprint density at radius 3 is 2.91 bits per heavy atom. The molecular weight excluding hydrogens is 138 g/mol. The summed E-state index contributed by atoms with van der Waals surface area (Å²) in [5.74, 6) is 0. The summed E-state index contributed by atoms with van der Waals surface area (Å²) in [6.45, 7) is 3.23. The fourth-order valence-corrected chi connectivity index (χ4v) is 1.11. The Morgan fingerprint density at radius 2 is 2.27 bits per heavy atom. The molecule has 11 heavy (non-hydrogen) atoms. The van der Waals surface area contributed by atoms with Crippen molar-refractivity contribution in [3.05, 3.63) is 30.1 Å². The van der Waals surface area contributed by atoms with Gasteiger partial charge in [0.15, 0.2) is 6.20 Å². The molecule has 0 fully saturated rings. The zero-order valence-electron chi connectivity index (χ0n) is 6.83. The number of aliphatic hydroxyl groups is 1. The molecule has 1 aromatic heterocycles. The van der Waals surface area contributed by atoms with Gasteiger partial charge in [-0.25, -0.2) is 4.57 Å². The van der Waals surface area contributed by atoms with Crippen molar-refractivity contribution in [2.45, 2.75) is 26.5 Å². The highest BCUT2D eigenvalue weighted by Gasteiger charge is 2.04. The van der Waals surface area contributed by atoms with E-state index >= 15 is 0 Å². The second-order valence-corrected chi connectivity index (χ2v) is 2.54. The molecule has 2 nitrogen and oxygen atoms in total. The highest BCUT2D eigenvalue weighted by atomic mass is 16.3. The van der Waals surface area contributed by atoms with Crippen LogP contribution in [0.2, 0.25) is 0 Å². The Hall–Kier alpha value is -0.890. The van der Waals surface area contributed by atoms with Gasteiger partial charge in [0.1, 0.15) is 13.2 Å². The maximum atomic E-state index is 8.92. The molecule has 0 aromatic carbocycles. The Morgan fingerprint density at radius 1 is 1.45 bits per heavy atom. The van der Waals surface area contributed by atoms with Crippen molar-refractivity contribution < 1.29 is 9.67 Å². The van der Waals surface area contributed by atoms with Gasteiger partial charge in [-0.3, -0.25) is 0 Å². The molecule has 1 aromatic rings. The summed E-state index contributed by atoms with van der Waals surface area (Å²) in [4.78, 5) is 0. The average molecular weight is 152 g/mol. The lowest BCUT2D eigenvalue weighted by atomic mass is 10.3. The van der Waals surface area contributed by atoms with Crippen LogP contribution in [-0.2, 0) is 13.2 Å². The number of pyridine rings is 1. The lowest BCUT2D eigenvalue weighted by Gasteiger charge is -1.97. The van der Waals surface area contributed by atoms with E-state index in [1.807, 2.05) is 24.4 Å². The first kappa shape index (κ1) is 8.21. The Labute approximate surface area is 67.1 Å². The van der Waals surface area contributed by atoms with Gasteiger partial charge in [-0.05, 0) is 0 Å². The van der Waals surface area contributed by atoms with Crippen molar-refractivity contribution in [1.82, 2.24) is 0 Å². The summed E-state index contributed by atoms with van der Waals surface area (Å²) in [6, 6.07) is 5.86. The summed E-state index contributed by atoms with van der Waals surface area (Å²) < 4.78 is 2.07. The Balaban J connectivity index is 2.83. The van der Waals surface area contributed by atoms with E-state index < -0.39 is 0 Å². The summed E-state index contributed by atoms with van der Waals surface area (Å²) in [6.07, 6.45) is 3.09. The molecule has 0 aliphatic rings. The second kappa shape index (κ2) is 4.09. The predicted molar refractivity (Wildman–Crippen MR) is 42.9 cm³/mol. The van der Waals surface area contributed by atoms with E-state index in [9.17, 15) is 0 Å². The highest BCUT2D eigenvalue weighted by molar-refractivity contribution is 4.95. The summed E-state index contributed by atoms with van der Waals surface area (Å²) in [5.41, 5.74) is 0.981. The quantitative estimate of drug-likeness (QED) is 0.639. The summed E-state index contributed by atoms with van der Waals surface area (Å²) >= 11 is 0. The van der Waals surface area contributed by atoms with E-state index in [2.05, 4.69) is 11.5 Å². The van der Waals surface area contributed by atoms with Crippen LogP contribution in [0.5, 0.6) is 0 Å². The summed E-state index contributed by atoms with van der Waals surface area (Å²) in [7, 11) is 0. The van der Waals surface area contributed by atoms with Crippen LogP contribution in [-0.4, -0.2) is 5.11 Å². The Kier molecular flexibility index (Phi) is 3.05. The largest absolute Gasteiger partial charge is 0.385 e. The van der Waals surface area contributed by atoms with Gasteiger partial charge < -0.3 is 5.11 Å². The third kappa shape index (κ3) is 2.02. The van der Waals surface area contributed by atoms with E-state index in [-0.39, 0.29) is 6.61 Å². The number of aromatic nitrogens is 1. The van der Waals surface area contributed by atoms with Gasteiger partial charge in [-0.1, -0.05) is 13.0 Å². The molecule has 0 amide bonds. The van der Waals surface area contributed by atoms with Crippen molar-refractivity contribution in [2.75, 3.05) is 0 Å². The van der Waals surface area contributed by atoms with Crippen LogP contribution in [0, 0.1) is 0 Å². The van der Waals surface area contributed by atoms with E-state index in [4.69, 9.17) is 5.11 Å². The Bertz CT molecular complexity index is 223. The smallest absolute Gasteiger partial charge is 0.206 e. The van der Waals surface area contributed by atoms with Gasteiger partial charge in [0.2, 0.25) is 5.69 Å². The number of rotatable bonds is 3. The lowest BCUT2D eigenvalue weighted by molar-refractivity contribution is -0.705. The van der Waals surface area contributed by atoms with E-state index in [0.717, 1.165) is 18.7 Å². The molecule has 0 saturated carbocycles. The van der Waals surface area contributed by atoms with Gasteiger partial charge in [-0.2, -0.15) is 0 Å². The third-order valence-electron chi connectivity index (χ3n) is 1.66.